The topological polar surface area (TPSA) is 68.3 Å². The molecule has 0 N–H and O–H groups in total. The minimum absolute atomic E-state index is 0.00388. The van der Waals surface area contributed by atoms with Gasteiger partial charge in [0.1, 0.15) is 17.3 Å². The molecule has 1 aromatic rings. The maximum absolute atomic E-state index is 13.9. The smallest absolute Gasteiger partial charge is 0.163 e. The Balaban J connectivity index is 2.46. The van der Waals surface area contributed by atoms with Crippen LogP contribution in [0.3, 0.4) is 0 Å². The molecule has 0 amide bonds. The summed E-state index contributed by atoms with van der Waals surface area (Å²) in [4.78, 5) is 51.9. The van der Waals surface area contributed by atoms with E-state index in [-0.39, 0.29) is 58.6 Å². The zero-order chi connectivity index (χ0) is 31.2. The number of benzene rings is 1. The highest BCUT2D eigenvalue weighted by atomic mass is 16.1. The first-order chi connectivity index (χ1) is 19.0. The van der Waals surface area contributed by atoms with E-state index < -0.39 is 0 Å². The lowest BCUT2D eigenvalue weighted by Gasteiger charge is -2.38. The fraction of sp³-hybridized carbons (Fsp3) is 0.730. The molecule has 41 heavy (non-hydrogen) atoms. The van der Waals surface area contributed by atoms with E-state index in [2.05, 4.69) is 68.4 Å². The van der Waals surface area contributed by atoms with Crippen molar-refractivity contribution in [3.63, 3.8) is 0 Å². The molecular formula is C37H58O4. The van der Waals surface area contributed by atoms with Crippen molar-refractivity contribution in [2.45, 2.75) is 140 Å². The quantitative estimate of drug-likeness (QED) is 0.199. The Morgan fingerprint density at radius 2 is 1.61 bits per heavy atom. The Hall–Kier alpha value is -2.10. The van der Waals surface area contributed by atoms with Crippen LogP contribution in [0.1, 0.15) is 153 Å². The highest BCUT2D eigenvalue weighted by Gasteiger charge is 2.38. The third-order valence-electron chi connectivity index (χ3n) is 9.52. The first-order valence-corrected chi connectivity index (χ1v) is 16.2. The summed E-state index contributed by atoms with van der Waals surface area (Å²) in [5.74, 6) is 1.60. The van der Waals surface area contributed by atoms with Crippen LogP contribution in [0.4, 0.5) is 0 Å². The van der Waals surface area contributed by atoms with Gasteiger partial charge < -0.3 is 0 Å². The van der Waals surface area contributed by atoms with E-state index in [9.17, 15) is 19.2 Å². The highest BCUT2D eigenvalue weighted by Crippen LogP contribution is 2.43. The van der Waals surface area contributed by atoms with Crippen LogP contribution >= 0.6 is 0 Å². The van der Waals surface area contributed by atoms with Crippen LogP contribution in [-0.4, -0.2) is 23.1 Å². The molecule has 0 aliphatic heterocycles. The fourth-order valence-electron chi connectivity index (χ4n) is 7.35. The number of hydrogen-bond acceptors (Lipinski definition) is 4. The first kappa shape index (κ1) is 35.1. The van der Waals surface area contributed by atoms with Crippen LogP contribution in [0, 0.1) is 41.9 Å². The van der Waals surface area contributed by atoms with Gasteiger partial charge in [-0.25, -0.2) is 0 Å². The monoisotopic (exact) mass is 566 g/mol. The van der Waals surface area contributed by atoms with Gasteiger partial charge in [-0.1, -0.05) is 74.8 Å². The summed E-state index contributed by atoms with van der Waals surface area (Å²) in [6.07, 6.45) is 5.65. The van der Waals surface area contributed by atoms with Crippen molar-refractivity contribution in [1.29, 1.82) is 0 Å². The van der Waals surface area contributed by atoms with E-state index >= 15 is 0 Å². The molecule has 0 radical (unpaired) electrons. The van der Waals surface area contributed by atoms with E-state index in [4.69, 9.17) is 0 Å². The van der Waals surface area contributed by atoms with Gasteiger partial charge in [0.2, 0.25) is 0 Å². The molecule has 0 bridgehead atoms. The van der Waals surface area contributed by atoms with Gasteiger partial charge in [-0.3, -0.25) is 19.2 Å². The molecule has 0 heterocycles. The molecule has 1 aliphatic rings. The van der Waals surface area contributed by atoms with Crippen molar-refractivity contribution in [2.24, 2.45) is 35.0 Å². The number of rotatable bonds is 15. The summed E-state index contributed by atoms with van der Waals surface area (Å²) < 4.78 is 0. The standard InChI is InChI=1S/C37H58O4/c1-12-29(22(3)4)32(30(13-2)34(40)16-24(7)38)17-26-18-33-31(23(5)6)21-27(25(8)36(33)35(41)19-26)20-28(39)14-15-37(9,10)11/h21-23,26,29-30,32H,12-20H2,1-11H3. The van der Waals surface area contributed by atoms with E-state index in [1.54, 1.807) is 0 Å². The molecule has 4 atom stereocenters. The summed E-state index contributed by atoms with van der Waals surface area (Å²) in [6, 6.07) is 2.20. The maximum atomic E-state index is 13.9. The summed E-state index contributed by atoms with van der Waals surface area (Å²) >= 11 is 0. The normalized spacial score (nSPS) is 17.9. The number of ketones is 4. The summed E-state index contributed by atoms with van der Waals surface area (Å²) in [5, 5.41) is 0. The summed E-state index contributed by atoms with van der Waals surface area (Å²) in [7, 11) is 0. The molecule has 2 rings (SSSR count). The Kier molecular flexibility index (Phi) is 12.7. The van der Waals surface area contributed by atoms with Crippen molar-refractivity contribution < 1.29 is 19.2 Å². The van der Waals surface area contributed by atoms with Crippen LogP contribution < -0.4 is 0 Å². The van der Waals surface area contributed by atoms with Gasteiger partial charge in [0.25, 0.3) is 0 Å². The van der Waals surface area contributed by atoms with E-state index in [1.807, 2.05) is 6.92 Å². The van der Waals surface area contributed by atoms with Crippen molar-refractivity contribution in [3.05, 3.63) is 33.9 Å². The molecule has 0 spiro atoms. The number of carbonyl (C=O) groups is 4. The number of carbonyl (C=O) groups excluding carboxylic acids is 4. The van der Waals surface area contributed by atoms with Gasteiger partial charge in [0.15, 0.2) is 5.78 Å². The van der Waals surface area contributed by atoms with Crippen molar-refractivity contribution in [1.82, 2.24) is 0 Å². The second kappa shape index (κ2) is 14.9. The van der Waals surface area contributed by atoms with Gasteiger partial charge in [0.05, 0.1) is 6.42 Å². The zero-order valence-electron chi connectivity index (χ0n) is 28.0. The minimum atomic E-state index is -0.157. The Morgan fingerprint density at radius 3 is 2.10 bits per heavy atom. The molecule has 0 aromatic heterocycles. The molecule has 4 heteroatoms. The van der Waals surface area contributed by atoms with E-state index in [1.165, 1.54) is 12.5 Å². The first-order valence-electron chi connectivity index (χ1n) is 16.2. The van der Waals surface area contributed by atoms with E-state index in [0.717, 1.165) is 54.4 Å². The predicted octanol–water partition coefficient (Wildman–Crippen LogP) is 9.06. The third-order valence-corrected chi connectivity index (χ3v) is 9.52. The molecule has 0 fully saturated rings. The van der Waals surface area contributed by atoms with Crippen LogP contribution in [0.2, 0.25) is 0 Å². The minimum Gasteiger partial charge on any atom is -0.300 e. The second-order valence-corrected chi connectivity index (χ2v) is 14.8. The van der Waals surface area contributed by atoms with Gasteiger partial charge in [-0.05, 0) is 96.8 Å². The lowest BCUT2D eigenvalue weighted by atomic mass is 9.65. The second-order valence-electron chi connectivity index (χ2n) is 14.8. The lowest BCUT2D eigenvalue weighted by molar-refractivity contribution is -0.130. The molecule has 0 saturated carbocycles. The summed E-state index contributed by atoms with van der Waals surface area (Å²) in [5.41, 5.74) is 5.29. The average Bonchev–Trinajstić information content (AvgIpc) is 2.83. The van der Waals surface area contributed by atoms with Gasteiger partial charge in [0, 0.05) is 30.7 Å². The lowest BCUT2D eigenvalue weighted by Crippen LogP contribution is -2.35. The van der Waals surface area contributed by atoms with Gasteiger partial charge >= 0.3 is 0 Å². The van der Waals surface area contributed by atoms with Crippen LogP contribution in [-0.2, 0) is 27.2 Å². The largest absolute Gasteiger partial charge is 0.300 e. The molecule has 4 nitrogen and oxygen atoms in total. The van der Waals surface area contributed by atoms with Gasteiger partial charge in [-0.15, -0.1) is 0 Å². The molecular weight excluding hydrogens is 508 g/mol. The van der Waals surface area contributed by atoms with Crippen LogP contribution in [0.25, 0.3) is 0 Å². The number of Topliss-reactive ketones (excluding diaryl/α,β-unsaturated/α-hetero) is 4. The summed E-state index contributed by atoms with van der Waals surface area (Å²) in [6.45, 7) is 23.1. The van der Waals surface area contributed by atoms with Gasteiger partial charge in [-0.2, -0.15) is 0 Å². The zero-order valence-corrected chi connectivity index (χ0v) is 28.0. The molecule has 4 unspecified atom stereocenters. The third kappa shape index (κ3) is 9.45. The molecule has 230 valence electrons. The Labute approximate surface area is 250 Å². The van der Waals surface area contributed by atoms with Crippen molar-refractivity contribution in [3.8, 4) is 0 Å². The number of hydrogen-bond donors (Lipinski definition) is 0. The Bertz CT molecular complexity index is 1100. The SMILES string of the molecule is CCC(C(=O)CC(C)=O)C(CC1CC(=O)c2c(C)c(CC(=O)CCC(C)(C)C)cc(C(C)C)c2C1)C(CC)C(C)C. The maximum Gasteiger partial charge on any atom is 0.163 e. The number of fused-ring (bicyclic) bond motifs is 1. The molecule has 1 aromatic carbocycles. The predicted molar refractivity (Wildman–Crippen MR) is 170 cm³/mol. The van der Waals surface area contributed by atoms with E-state index in [0.29, 0.717) is 31.1 Å². The van der Waals surface area contributed by atoms with Crippen LogP contribution in [0.5, 0.6) is 0 Å². The van der Waals surface area contributed by atoms with Crippen molar-refractivity contribution >= 4 is 23.1 Å². The Morgan fingerprint density at radius 1 is 0.976 bits per heavy atom. The average molecular weight is 567 g/mol. The highest BCUT2D eigenvalue weighted by molar-refractivity contribution is 6.01. The molecule has 1 aliphatic carbocycles. The fourth-order valence-corrected chi connectivity index (χ4v) is 7.35. The molecule has 0 saturated heterocycles. The van der Waals surface area contributed by atoms with Crippen molar-refractivity contribution in [2.75, 3.05) is 0 Å². The van der Waals surface area contributed by atoms with Crippen LogP contribution in [0.15, 0.2) is 6.07 Å².